The van der Waals surface area contributed by atoms with Gasteiger partial charge in [-0.05, 0) is 0 Å². The number of aromatic nitrogens is 2. The molecule has 2 amide bonds. The molecule has 0 atom stereocenters. The maximum absolute atomic E-state index is 11.3. The van der Waals surface area contributed by atoms with Gasteiger partial charge < -0.3 is 5.73 Å². The first kappa shape index (κ1) is 10.0. The Labute approximate surface area is 78.8 Å². The average Bonchev–Trinajstić information content (AvgIpc) is 2.10. The van der Waals surface area contributed by atoms with Crippen molar-refractivity contribution in [3.05, 3.63) is 26.9 Å². The number of amides is 2. The Balaban J connectivity index is 3.41. The number of carbonyl (C=O) groups is 1. The largest absolute Gasteiger partial charge is 0.351 e. The normalized spacial score (nSPS) is 9.86. The molecule has 1 aromatic rings. The van der Waals surface area contributed by atoms with Crippen LogP contribution in [0.2, 0.25) is 0 Å². The monoisotopic (exact) mass is 198 g/mol. The number of nitrogens with two attached hydrogens (primary N) is 1. The van der Waals surface area contributed by atoms with Gasteiger partial charge in [0.15, 0.2) is 0 Å². The standard InChI is InChI=1S/C7H10N4O3/c1-10-4(9-6(8)13)3-5(12)11(2)7(10)14/h3H,1-2H3,(H3,8,9,13). The first-order chi connectivity index (χ1) is 6.43. The summed E-state index contributed by atoms with van der Waals surface area (Å²) in [6, 6.07) is 0.292. The maximum atomic E-state index is 11.3. The van der Waals surface area contributed by atoms with Gasteiger partial charge in [-0.25, -0.2) is 9.59 Å². The van der Waals surface area contributed by atoms with Crippen molar-refractivity contribution in [1.29, 1.82) is 0 Å². The number of hydrogen-bond acceptors (Lipinski definition) is 3. The predicted octanol–water partition coefficient (Wildman–Crippen LogP) is -1.43. The topological polar surface area (TPSA) is 99.1 Å². The molecular weight excluding hydrogens is 188 g/mol. The molecule has 0 radical (unpaired) electrons. The minimum atomic E-state index is -0.826. The van der Waals surface area contributed by atoms with E-state index in [-0.39, 0.29) is 5.82 Å². The maximum Gasteiger partial charge on any atom is 0.332 e. The number of primary amides is 1. The summed E-state index contributed by atoms with van der Waals surface area (Å²) in [7, 11) is 2.77. The zero-order chi connectivity index (χ0) is 10.9. The Morgan fingerprint density at radius 3 is 2.43 bits per heavy atom. The molecule has 0 aromatic carbocycles. The number of rotatable bonds is 1. The molecule has 3 N–H and O–H groups in total. The zero-order valence-electron chi connectivity index (χ0n) is 7.77. The lowest BCUT2D eigenvalue weighted by atomic mass is 10.5. The van der Waals surface area contributed by atoms with Crippen molar-refractivity contribution in [1.82, 2.24) is 9.13 Å². The highest BCUT2D eigenvalue weighted by molar-refractivity contribution is 5.86. The minimum Gasteiger partial charge on any atom is -0.351 e. The molecular formula is C7H10N4O3. The summed E-state index contributed by atoms with van der Waals surface area (Å²) in [5, 5.41) is 2.17. The molecule has 0 aliphatic heterocycles. The lowest BCUT2D eigenvalue weighted by molar-refractivity contribution is 0.259. The van der Waals surface area contributed by atoms with Gasteiger partial charge in [0.1, 0.15) is 5.82 Å². The van der Waals surface area contributed by atoms with E-state index in [1.807, 2.05) is 0 Å². The van der Waals surface area contributed by atoms with Crippen LogP contribution in [-0.2, 0) is 14.1 Å². The van der Waals surface area contributed by atoms with Gasteiger partial charge in [0.2, 0.25) is 0 Å². The molecule has 14 heavy (non-hydrogen) atoms. The third kappa shape index (κ3) is 1.65. The van der Waals surface area contributed by atoms with Crippen molar-refractivity contribution in [2.75, 3.05) is 5.32 Å². The van der Waals surface area contributed by atoms with Crippen molar-refractivity contribution in [3.8, 4) is 0 Å². The molecule has 7 nitrogen and oxygen atoms in total. The van der Waals surface area contributed by atoms with Gasteiger partial charge in [-0.2, -0.15) is 0 Å². The van der Waals surface area contributed by atoms with Gasteiger partial charge in [0, 0.05) is 20.2 Å². The third-order valence-electron chi connectivity index (χ3n) is 1.78. The van der Waals surface area contributed by atoms with E-state index in [9.17, 15) is 14.4 Å². The van der Waals surface area contributed by atoms with Crippen LogP contribution in [0, 0.1) is 0 Å². The summed E-state index contributed by atoms with van der Waals surface area (Å²) < 4.78 is 2.04. The Morgan fingerprint density at radius 1 is 1.36 bits per heavy atom. The van der Waals surface area contributed by atoms with Crippen LogP contribution < -0.4 is 22.3 Å². The van der Waals surface area contributed by atoms with Crippen LogP contribution >= 0.6 is 0 Å². The van der Waals surface area contributed by atoms with E-state index >= 15 is 0 Å². The summed E-state index contributed by atoms with van der Waals surface area (Å²) in [6.07, 6.45) is 0. The molecule has 1 rings (SSSR count). The van der Waals surface area contributed by atoms with Gasteiger partial charge in [-0.3, -0.25) is 19.2 Å². The fourth-order valence-electron chi connectivity index (χ4n) is 0.979. The van der Waals surface area contributed by atoms with E-state index in [2.05, 4.69) is 5.32 Å². The van der Waals surface area contributed by atoms with E-state index in [4.69, 9.17) is 5.73 Å². The zero-order valence-corrected chi connectivity index (χ0v) is 7.77. The van der Waals surface area contributed by atoms with Crippen LogP contribution in [0.1, 0.15) is 0 Å². The first-order valence-electron chi connectivity index (χ1n) is 3.77. The van der Waals surface area contributed by atoms with Crippen molar-refractivity contribution >= 4 is 11.8 Å². The molecule has 0 spiro atoms. The number of nitrogens with zero attached hydrogens (tertiary/aromatic N) is 2. The summed E-state index contributed by atoms with van der Waals surface area (Å²) in [4.78, 5) is 33.0. The van der Waals surface area contributed by atoms with Gasteiger partial charge >= 0.3 is 11.7 Å². The summed E-state index contributed by atoms with van der Waals surface area (Å²) in [5.74, 6) is 0.0746. The molecule has 0 saturated carbocycles. The van der Waals surface area contributed by atoms with Gasteiger partial charge in [-0.15, -0.1) is 0 Å². The smallest absolute Gasteiger partial charge is 0.332 e. The highest BCUT2D eigenvalue weighted by Crippen LogP contribution is 1.96. The highest BCUT2D eigenvalue weighted by Gasteiger charge is 2.06. The Bertz CT molecular complexity index is 485. The summed E-state index contributed by atoms with van der Waals surface area (Å²) >= 11 is 0. The Hall–Kier alpha value is -2.05. The molecule has 76 valence electrons. The van der Waals surface area contributed by atoms with Crippen molar-refractivity contribution in [3.63, 3.8) is 0 Å². The molecule has 0 aliphatic carbocycles. The van der Waals surface area contributed by atoms with E-state index < -0.39 is 17.3 Å². The van der Waals surface area contributed by atoms with E-state index in [1.54, 1.807) is 0 Å². The van der Waals surface area contributed by atoms with E-state index in [1.165, 1.54) is 14.1 Å². The number of hydrogen-bond donors (Lipinski definition) is 2. The Morgan fingerprint density at radius 2 is 1.93 bits per heavy atom. The van der Waals surface area contributed by atoms with Gasteiger partial charge in [0.25, 0.3) is 5.56 Å². The molecule has 0 saturated heterocycles. The lowest BCUT2D eigenvalue weighted by Crippen LogP contribution is -2.38. The molecule has 7 heteroatoms. The van der Waals surface area contributed by atoms with Crippen LogP contribution in [0.4, 0.5) is 10.6 Å². The number of carbonyl (C=O) groups excluding carboxylic acids is 1. The molecule has 1 aromatic heterocycles. The molecule has 0 bridgehead atoms. The summed E-state index contributed by atoms with van der Waals surface area (Å²) in [5.41, 5.74) is 3.83. The summed E-state index contributed by atoms with van der Waals surface area (Å²) in [6.45, 7) is 0. The van der Waals surface area contributed by atoms with Crippen LogP contribution in [-0.4, -0.2) is 15.2 Å². The van der Waals surface area contributed by atoms with E-state index in [0.29, 0.717) is 0 Å². The van der Waals surface area contributed by atoms with Crippen LogP contribution in [0.5, 0.6) is 0 Å². The van der Waals surface area contributed by atoms with Crippen molar-refractivity contribution < 1.29 is 4.79 Å². The van der Waals surface area contributed by atoms with Crippen molar-refractivity contribution in [2.24, 2.45) is 19.8 Å². The minimum absolute atomic E-state index is 0.0746. The second-order valence-electron chi connectivity index (χ2n) is 2.76. The molecule has 0 aliphatic rings. The number of anilines is 1. The number of urea groups is 1. The fourth-order valence-corrected chi connectivity index (χ4v) is 0.979. The van der Waals surface area contributed by atoms with Crippen molar-refractivity contribution in [2.45, 2.75) is 0 Å². The highest BCUT2D eigenvalue weighted by atomic mass is 16.2. The quantitative estimate of drug-likeness (QED) is 0.578. The third-order valence-corrected chi connectivity index (χ3v) is 1.78. The molecule has 0 unspecified atom stereocenters. The average molecular weight is 198 g/mol. The van der Waals surface area contributed by atoms with Crippen LogP contribution in [0.25, 0.3) is 0 Å². The van der Waals surface area contributed by atoms with Gasteiger partial charge in [0.05, 0.1) is 0 Å². The molecule has 0 fully saturated rings. The second kappa shape index (κ2) is 3.36. The van der Waals surface area contributed by atoms with E-state index in [0.717, 1.165) is 15.2 Å². The van der Waals surface area contributed by atoms with Gasteiger partial charge in [-0.1, -0.05) is 0 Å². The van der Waals surface area contributed by atoms with Crippen LogP contribution in [0.3, 0.4) is 0 Å². The fraction of sp³-hybridized carbons (Fsp3) is 0.286. The number of nitrogens with one attached hydrogen (secondary N) is 1. The SMILES string of the molecule is Cn1c(NC(N)=O)cc(=O)n(C)c1=O. The molecule has 1 heterocycles. The lowest BCUT2D eigenvalue weighted by Gasteiger charge is -2.08. The van der Waals surface area contributed by atoms with Crippen LogP contribution in [0.15, 0.2) is 15.7 Å². The second-order valence-corrected chi connectivity index (χ2v) is 2.76. The Kier molecular flexibility index (Phi) is 2.41. The first-order valence-corrected chi connectivity index (χ1v) is 3.77. The predicted molar refractivity (Wildman–Crippen MR) is 50.1 cm³/mol.